The first-order chi connectivity index (χ1) is 26.9. The Morgan fingerprint density at radius 2 is 1.88 bits per heavy atom. The lowest BCUT2D eigenvalue weighted by atomic mass is 9.80. The number of hydrazine groups is 1. The Hall–Kier alpha value is -4.17. The number of carbonyl (C=O) groups is 3. The van der Waals surface area contributed by atoms with Gasteiger partial charge in [0.2, 0.25) is 5.91 Å². The highest BCUT2D eigenvalue weighted by Crippen LogP contribution is 2.42. The van der Waals surface area contributed by atoms with Crippen molar-refractivity contribution in [1.29, 1.82) is 0 Å². The highest BCUT2D eigenvalue weighted by atomic mass is 32.1. The summed E-state index contributed by atoms with van der Waals surface area (Å²) >= 11 is 1.62. The fourth-order valence-corrected chi connectivity index (χ4v) is 7.97. The molecule has 2 fully saturated rings. The highest BCUT2D eigenvalue weighted by molar-refractivity contribution is 7.10. The third-order valence-corrected chi connectivity index (χ3v) is 11.4. The van der Waals surface area contributed by atoms with Gasteiger partial charge >= 0.3 is 6.03 Å². The van der Waals surface area contributed by atoms with Gasteiger partial charge in [0.25, 0.3) is 0 Å². The van der Waals surface area contributed by atoms with Gasteiger partial charge in [0.1, 0.15) is 6.29 Å². The molecule has 0 spiro atoms. The van der Waals surface area contributed by atoms with E-state index in [1.165, 1.54) is 16.5 Å². The number of nitrogens with one attached hydrogen (secondary N) is 2. The summed E-state index contributed by atoms with van der Waals surface area (Å²) in [6.07, 6.45) is 8.73. The molecule has 6 rings (SSSR count). The molecule has 2 atom stereocenters. The SMILES string of the molecule is CCNC.CCn1c(-c2cccnc2C(C)OC)c(CC(C)(C)CCC=O)c2cc(-c3csc(CC(C)C(=O)N4CCCCN4)n3)ccc21.NC(=O)N1CCC1. The van der Waals surface area contributed by atoms with Gasteiger partial charge in [0.05, 0.1) is 28.2 Å². The maximum absolute atomic E-state index is 13.0. The van der Waals surface area contributed by atoms with E-state index < -0.39 is 0 Å². The molecule has 306 valence electrons. The van der Waals surface area contributed by atoms with Crippen molar-refractivity contribution < 1.29 is 19.1 Å². The van der Waals surface area contributed by atoms with Crippen molar-refractivity contribution in [1.82, 2.24) is 35.2 Å². The lowest BCUT2D eigenvalue weighted by molar-refractivity contribution is -0.139. The predicted molar refractivity (Wildman–Crippen MR) is 227 cm³/mol. The third kappa shape index (κ3) is 11.5. The second-order valence-electron chi connectivity index (χ2n) is 15.4. The van der Waals surface area contributed by atoms with Crippen LogP contribution in [0.1, 0.15) is 96.0 Å². The molecule has 1 aromatic carbocycles. The molecule has 0 saturated carbocycles. The number of primary amides is 1. The zero-order valence-electron chi connectivity index (χ0n) is 34.8. The molecular weight excluding hydrogens is 725 g/mol. The molecule has 2 aliphatic rings. The van der Waals surface area contributed by atoms with Crippen LogP contribution in [-0.2, 0) is 33.7 Å². The van der Waals surface area contributed by atoms with Crippen LogP contribution < -0.4 is 16.5 Å². The largest absolute Gasteiger partial charge is 0.375 e. The van der Waals surface area contributed by atoms with Crippen LogP contribution >= 0.6 is 11.3 Å². The van der Waals surface area contributed by atoms with Crippen molar-refractivity contribution >= 4 is 40.5 Å². The number of rotatable bonds is 14. The number of aryl methyl sites for hydroxylation is 1. The molecule has 0 radical (unpaired) electrons. The van der Waals surface area contributed by atoms with Crippen molar-refractivity contribution in [2.45, 2.75) is 99.1 Å². The number of aromatic nitrogens is 3. The van der Waals surface area contributed by atoms with Gasteiger partial charge in [-0.3, -0.25) is 14.8 Å². The van der Waals surface area contributed by atoms with Gasteiger partial charge in [-0.1, -0.05) is 33.8 Å². The van der Waals surface area contributed by atoms with E-state index in [1.807, 2.05) is 33.2 Å². The van der Waals surface area contributed by atoms with Crippen molar-refractivity contribution in [3.63, 3.8) is 0 Å². The van der Waals surface area contributed by atoms with E-state index in [-0.39, 0.29) is 29.4 Å². The summed E-state index contributed by atoms with van der Waals surface area (Å²) in [6, 6.07) is 10.5. The summed E-state index contributed by atoms with van der Waals surface area (Å²) in [4.78, 5) is 45.9. The predicted octanol–water partition coefficient (Wildman–Crippen LogP) is 7.40. The zero-order valence-corrected chi connectivity index (χ0v) is 35.6. The molecule has 2 unspecified atom stereocenters. The molecule has 2 saturated heterocycles. The van der Waals surface area contributed by atoms with Crippen LogP contribution in [-0.4, -0.2) is 89.5 Å². The number of hydrogen-bond acceptors (Lipinski definition) is 9. The average Bonchev–Trinajstić information content (AvgIpc) is 3.77. The molecule has 0 aliphatic carbocycles. The smallest absolute Gasteiger partial charge is 0.314 e. The van der Waals surface area contributed by atoms with Gasteiger partial charge < -0.3 is 30.0 Å². The molecule has 56 heavy (non-hydrogen) atoms. The minimum Gasteiger partial charge on any atom is -0.375 e. The topological polar surface area (TPSA) is 148 Å². The monoisotopic (exact) mass is 788 g/mol. The Morgan fingerprint density at radius 3 is 2.45 bits per heavy atom. The normalized spacial score (nSPS) is 15.2. The number of benzene rings is 1. The number of methoxy groups -OCH3 is 1. The second kappa shape index (κ2) is 21.4. The zero-order chi connectivity index (χ0) is 40.8. The summed E-state index contributed by atoms with van der Waals surface area (Å²) in [6.45, 7) is 18.0. The molecule has 0 bridgehead atoms. The number of nitrogens with zero attached hydrogens (tertiary/aromatic N) is 5. The van der Waals surface area contributed by atoms with Crippen LogP contribution in [0.5, 0.6) is 0 Å². The summed E-state index contributed by atoms with van der Waals surface area (Å²) in [7, 11) is 3.65. The van der Waals surface area contributed by atoms with Crippen LogP contribution in [0.2, 0.25) is 0 Å². The minimum absolute atomic E-state index is 0.0898. The van der Waals surface area contributed by atoms with Gasteiger partial charge in [-0.25, -0.2) is 15.2 Å². The number of likely N-dealkylation sites (tertiary alicyclic amines) is 1. The lowest BCUT2D eigenvalue weighted by Crippen LogP contribution is -2.49. The standard InChI is InChI=1S/C36H47N5O3S.C4H8N2O.C3H9N/c1-7-40-31-14-13-26(30-23-45-32(39-30)20-24(2)35(43)41-18-9-8-17-38-41)21-28(31)29(22-36(4,5)15-11-19-42)34(40)27-12-10-16-37-33(27)25(3)44-6;5-4(7)6-2-1-3-6;1-3-4-2/h10,12-14,16,19,21,23-25,38H,7-9,11,15,17-18,20,22H2,1-6H3;1-3H2,(H2,5,7);4H,3H2,1-2H3. The fraction of sp³-hybridized carbons (Fsp3) is 0.558. The number of carbonyl (C=O) groups excluding carboxylic acids is 3. The first-order valence-corrected chi connectivity index (χ1v) is 21.0. The summed E-state index contributed by atoms with van der Waals surface area (Å²) in [5.41, 5.74) is 15.6. The van der Waals surface area contributed by atoms with Crippen molar-refractivity contribution in [3.8, 4) is 22.5 Å². The molecule has 3 aromatic heterocycles. The van der Waals surface area contributed by atoms with E-state index in [9.17, 15) is 14.4 Å². The molecule has 4 N–H and O–H groups in total. The molecule has 13 heteroatoms. The van der Waals surface area contributed by atoms with Crippen LogP contribution in [0.4, 0.5) is 4.79 Å². The first kappa shape index (κ1) is 44.5. The van der Waals surface area contributed by atoms with Crippen LogP contribution in [0, 0.1) is 11.3 Å². The Labute approximate surface area is 337 Å². The van der Waals surface area contributed by atoms with Gasteiger partial charge in [-0.2, -0.15) is 0 Å². The number of ether oxygens (including phenoxy) is 1. The Bertz CT molecular complexity index is 1880. The van der Waals surface area contributed by atoms with E-state index in [4.69, 9.17) is 20.4 Å². The number of nitrogens with two attached hydrogens (primary N) is 1. The quantitative estimate of drug-likeness (QED) is 0.112. The average molecular weight is 789 g/mol. The Morgan fingerprint density at radius 1 is 1.12 bits per heavy atom. The van der Waals surface area contributed by atoms with Crippen LogP contribution in [0.3, 0.4) is 0 Å². The van der Waals surface area contributed by atoms with E-state index >= 15 is 0 Å². The summed E-state index contributed by atoms with van der Waals surface area (Å²) in [5.74, 6) is 0.00213. The maximum Gasteiger partial charge on any atom is 0.314 e. The maximum atomic E-state index is 13.0. The first-order valence-electron chi connectivity index (χ1n) is 20.1. The van der Waals surface area contributed by atoms with Crippen molar-refractivity contribution in [2.24, 2.45) is 17.1 Å². The number of pyridine rings is 1. The van der Waals surface area contributed by atoms with Gasteiger partial charge in [-0.05, 0) is 94.8 Å². The van der Waals surface area contributed by atoms with Crippen molar-refractivity contribution in [2.75, 3.05) is 46.9 Å². The third-order valence-electron chi connectivity index (χ3n) is 10.6. The van der Waals surface area contributed by atoms with Crippen LogP contribution in [0.25, 0.3) is 33.4 Å². The lowest BCUT2D eigenvalue weighted by Gasteiger charge is -2.29. The van der Waals surface area contributed by atoms with Gasteiger partial charge in [0, 0.05) is 92.2 Å². The molecular formula is C43H64N8O4S. The number of thiazole rings is 1. The van der Waals surface area contributed by atoms with Gasteiger partial charge in [-0.15, -0.1) is 11.3 Å². The van der Waals surface area contributed by atoms with Gasteiger partial charge in [0.15, 0.2) is 0 Å². The number of aldehydes is 1. The van der Waals surface area contributed by atoms with Crippen LogP contribution in [0.15, 0.2) is 41.9 Å². The summed E-state index contributed by atoms with van der Waals surface area (Å²) < 4.78 is 8.14. The van der Waals surface area contributed by atoms with E-state index in [0.717, 1.165) is 111 Å². The number of urea groups is 1. The fourth-order valence-electron chi connectivity index (χ4n) is 7.03. The van der Waals surface area contributed by atoms with E-state index in [2.05, 4.69) is 72.7 Å². The van der Waals surface area contributed by atoms with E-state index in [0.29, 0.717) is 12.8 Å². The molecule has 5 heterocycles. The second-order valence-corrected chi connectivity index (χ2v) is 16.3. The summed E-state index contributed by atoms with van der Waals surface area (Å²) in [5, 5.41) is 8.99. The minimum atomic E-state index is -0.286. The Balaban J connectivity index is 0.000000549. The number of amides is 3. The number of hydrogen-bond donors (Lipinski definition) is 3. The molecule has 4 aromatic rings. The van der Waals surface area contributed by atoms with E-state index in [1.54, 1.807) is 28.4 Å². The molecule has 12 nitrogen and oxygen atoms in total. The highest BCUT2D eigenvalue weighted by Gasteiger charge is 2.28. The Kier molecular flexibility index (Phi) is 17.0. The molecule has 3 amide bonds. The van der Waals surface area contributed by atoms with Crippen molar-refractivity contribution in [3.05, 3.63) is 58.2 Å². The number of fused-ring (bicyclic) bond motifs is 1. The molecule has 2 aliphatic heterocycles.